The smallest absolute Gasteiger partial charge is 0.215 e. The molecule has 0 saturated carbocycles. The van der Waals surface area contributed by atoms with Gasteiger partial charge in [-0.25, -0.2) is 18.1 Å². The van der Waals surface area contributed by atoms with Crippen LogP contribution in [0.15, 0.2) is 36.8 Å². The third-order valence-electron chi connectivity index (χ3n) is 3.00. The fourth-order valence-electron chi connectivity index (χ4n) is 2.07. The third-order valence-corrected chi connectivity index (χ3v) is 4.36. The molecule has 0 spiro atoms. The molecule has 0 atom stereocenters. The van der Waals surface area contributed by atoms with E-state index in [2.05, 4.69) is 20.0 Å². The molecule has 21 heavy (non-hydrogen) atoms. The molecule has 0 aliphatic rings. The maximum Gasteiger partial charge on any atom is 0.215 e. The zero-order valence-corrected chi connectivity index (χ0v) is 12.8. The third kappa shape index (κ3) is 5.30. The van der Waals surface area contributed by atoms with Crippen molar-refractivity contribution in [1.82, 2.24) is 20.0 Å². The van der Waals surface area contributed by atoms with Gasteiger partial charge in [-0.1, -0.05) is 24.3 Å². The molecule has 0 bridgehead atoms. The molecule has 114 valence electrons. The Morgan fingerprint density at radius 3 is 2.81 bits per heavy atom. The Labute approximate surface area is 125 Å². The highest BCUT2D eigenvalue weighted by Crippen LogP contribution is 2.08. The molecular formula is C14H20N4O2S. The Kier molecular flexibility index (Phi) is 5.49. The Morgan fingerprint density at radius 1 is 1.29 bits per heavy atom. The van der Waals surface area contributed by atoms with Crippen LogP contribution in [0.25, 0.3) is 0 Å². The van der Waals surface area contributed by atoms with Crippen LogP contribution < -0.4 is 10.0 Å². The van der Waals surface area contributed by atoms with E-state index in [-0.39, 0.29) is 5.75 Å². The van der Waals surface area contributed by atoms with E-state index in [9.17, 15) is 8.42 Å². The summed E-state index contributed by atoms with van der Waals surface area (Å²) < 4.78 is 26.7. The second-order valence-electron chi connectivity index (χ2n) is 4.83. The summed E-state index contributed by atoms with van der Waals surface area (Å²) in [6, 6.07) is 7.58. The number of sulfonamides is 1. The van der Waals surface area contributed by atoms with Gasteiger partial charge in [-0.15, -0.1) is 0 Å². The van der Waals surface area contributed by atoms with Gasteiger partial charge >= 0.3 is 0 Å². The number of benzene rings is 1. The van der Waals surface area contributed by atoms with Crippen LogP contribution in [0, 0.1) is 0 Å². The maximum absolute atomic E-state index is 12.0. The van der Waals surface area contributed by atoms with Crippen molar-refractivity contribution in [2.45, 2.75) is 18.7 Å². The molecule has 7 heteroatoms. The summed E-state index contributed by atoms with van der Waals surface area (Å²) in [4.78, 5) is 6.84. The maximum atomic E-state index is 12.0. The normalized spacial score (nSPS) is 11.7. The minimum absolute atomic E-state index is 0.00642. The lowest BCUT2D eigenvalue weighted by molar-refractivity contribution is 0.580. The van der Waals surface area contributed by atoms with Crippen molar-refractivity contribution < 1.29 is 8.42 Å². The molecule has 0 fully saturated rings. The van der Waals surface area contributed by atoms with Crippen LogP contribution in [0.3, 0.4) is 0 Å². The van der Waals surface area contributed by atoms with E-state index in [1.807, 2.05) is 31.3 Å². The molecule has 0 amide bonds. The van der Waals surface area contributed by atoms with Crippen LogP contribution in [-0.4, -0.2) is 32.0 Å². The van der Waals surface area contributed by atoms with Gasteiger partial charge in [0.2, 0.25) is 10.0 Å². The Hall–Kier alpha value is -1.70. The summed E-state index contributed by atoms with van der Waals surface area (Å²) in [5.41, 5.74) is 2.77. The van der Waals surface area contributed by atoms with Gasteiger partial charge in [0.1, 0.15) is 0 Å². The SMILES string of the molecule is CNCc1cccc(CS(=O)(=O)NCCc2cnc[nH]2)c1. The molecule has 1 aromatic carbocycles. The van der Waals surface area contributed by atoms with Gasteiger partial charge in [0.05, 0.1) is 12.1 Å². The molecule has 2 aromatic rings. The zero-order chi connectivity index (χ0) is 15.1. The summed E-state index contributed by atoms with van der Waals surface area (Å²) in [5, 5.41) is 3.05. The number of rotatable bonds is 8. The molecule has 0 aliphatic carbocycles. The first-order valence-electron chi connectivity index (χ1n) is 6.76. The van der Waals surface area contributed by atoms with Gasteiger partial charge in [0.25, 0.3) is 0 Å². The molecule has 6 nitrogen and oxygen atoms in total. The molecule has 0 aliphatic heterocycles. The second-order valence-corrected chi connectivity index (χ2v) is 6.64. The van der Waals surface area contributed by atoms with Crippen LogP contribution in [0.1, 0.15) is 16.8 Å². The molecule has 0 unspecified atom stereocenters. The lowest BCUT2D eigenvalue weighted by atomic mass is 10.1. The second kappa shape index (κ2) is 7.35. The number of nitrogens with one attached hydrogen (secondary N) is 3. The van der Waals surface area contributed by atoms with Gasteiger partial charge in [0, 0.05) is 31.4 Å². The van der Waals surface area contributed by atoms with E-state index in [0.29, 0.717) is 13.0 Å². The van der Waals surface area contributed by atoms with E-state index >= 15 is 0 Å². The van der Waals surface area contributed by atoms with E-state index in [1.54, 1.807) is 12.5 Å². The number of imidazole rings is 1. The molecular weight excluding hydrogens is 288 g/mol. The quantitative estimate of drug-likeness (QED) is 0.673. The van der Waals surface area contributed by atoms with E-state index < -0.39 is 10.0 Å². The van der Waals surface area contributed by atoms with Gasteiger partial charge < -0.3 is 10.3 Å². The highest BCUT2D eigenvalue weighted by molar-refractivity contribution is 7.88. The Morgan fingerprint density at radius 2 is 2.10 bits per heavy atom. The summed E-state index contributed by atoms with van der Waals surface area (Å²) in [5.74, 6) is -0.00642. The summed E-state index contributed by atoms with van der Waals surface area (Å²) in [6.45, 7) is 1.09. The van der Waals surface area contributed by atoms with Crippen molar-refractivity contribution in [1.29, 1.82) is 0 Å². The van der Waals surface area contributed by atoms with Crippen molar-refractivity contribution in [2.24, 2.45) is 0 Å². The average Bonchev–Trinajstić information content (AvgIpc) is 2.92. The van der Waals surface area contributed by atoms with Crippen LogP contribution in [0.4, 0.5) is 0 Å². The van der Waals surface area contributed by atoms with Crippen molar-refractivity contribution in [3.8, 4) is 0 Å². The number of H-pyrrole nitrogens is 1. The monoisotopic (exact) mass is 308 g/mol. The van der Waals surface area contributed by atoms with Crippen LogP contribution in [-0.2, 0) is 28.7 Å². The number of aromatic amines is 1. The van der Waals surface area contributed by atoms with Gasteiger partial charge in [-0.2, -0.15) is 0 Å². The summed E-state index contributed by atoms with van der Waals surface area (Å²) in [6.07, 6.45) is 3.87. The van der Waals surface area contributed by atoms with E-state index in [4.69, 9.17) is 0 Å². The molecule has 1 aromatic heterocycles. The van der Waals surface area contributed by atoms with Crippen molar-refractivity contribution >= 4 is 10.0 Å². The number of aromatic nitrogens is 2. The van der Waals surface area contributed by atoms with Crippen LogP contribution in [0.5, 0.6) is 0 Å². The standard InChI is InChI=1S/C14H20N4O2S/c1-15-8-12-3-2-4-13(7-12)10-21(19,20)18-6-5-14-9-16-11-17-14/h2-4,7,9,11,15,18H,5-6,8,10H2,1H3,(H,16,17). The highest BCUT2D eigenvalue weighted by Gasteiger charge is 2.11. The summed E-state index contributed by atoms with van der Waals surface area (Å²) >= 11 is 0. The fraction of sp³-hybridized carbons (Fsp3) is 0.357. The van der Waals surface area contributed by atoms with Crippen molar-refractivity contribution in [2.75, 3.05) is 13.6 Å². The highest BCUT2D eigenvalue weighted by atomic mass is 32.2. The van der Waals surface area contributed by atoms with Gasteiger partial charge in [-0.3, -0.25) is 0 Å². The molecule has 1 heterocycles. The predicted octanol–water partition coefficient (Wildman–Crippen LogP) is 0.791. The van der Waals surface area contributed by atoms with Crippen LogP contribution in [0.2, 0.25) is 0 Å². The zero-order valence-electron chi connectivity index (χ0n) is 12.0. The predicted molar refractivity (Wildman–Crippen MR) is 82.1 cm³/mol. The van der Waals surface area contributed by atoms with Gasteiger partial charge in [-0.05, 0) is 18.2 Å². The molecule has 0 radical (unpaired) electrons. The molecule has 0 saturated heterocycles. The van der Waals surface area contributed by atoms with Crippen molar-refractivity contribution in [3.63, 3.8) is 0 Å². The first-order chi connectivity index (χ1) is 10.1. The first-order valence-corrected chi connectivity index (χ1v) is 8.41. The van der Waals surface area contributed by atoms with E-state index in [1.165, 1.54) is 0 Å². The molecule has 3 N–H and O–H groups in total. The minimum Gasteiger partial charge on any atom is -0.348 e. The number of hydrogen-bond acceptors (Lipinski definition) is 4. The van der Waals surface area contributed by atoms with Gasteiger partial charge in [0.15, 0.2) is 0 Å². The Bertz CT molecular complexity index is 653. The number of nitrogens with zero attached hydrogens (tertiary/aromatic N) is 1. The Balaban J connectivity index is 1.89. The fourth-order valence-corrected chi connectivity index (χ4v) is 3.20. The molecule has 2 rings (SSSR count). The van der Waals surface area contributed by atoms with E-state index in [0.717, 1.165) is 23.4 Å². The number of hydrogen-bond donors (Lipinski definition) is 3. The average molecular weight is 308 g/mol. The minimum atomic E-state index is -3.32. The largest absolute Gasteiger partial charge is 0.348 e. The lowest BCUT2D eigenvalue weighted by Crippen LogP contribution is -2.27. The van der Waals surface area contributed by atoms with Crippen LogP contribution >= 0.6 is 0 Å². The first kappa shape index (κ1) is 15.7. The summed E-state index contributed by atoms with van der Waals surface area (Å²) in [7, 11) is -1.46. The topological polar surface area (TPSA) is 86.9 Å². The lowest BCUT2D eigenvalue weighted by Gasteiger charge is -2.08. The van der Waals surface area contributed by atoms with Crippen molar-refractivity contribution in [3.05, 3.63) is 53.6 Å².